The van der Waals surface area contributed by atoms with Crippen molar-refractivity contribution in [1.29, 1.82) is 0 Å². The number of rotatable bonds is 3. The van der Waals surface area contributed by atoms with Crippen molar-refractivity contribution in [3.05, 3.63) is 57.6 Å². The van der Waals surface area contributed by atoms with Crippen LogP contribution in [0, 0.1) is 6.92 Å². The molecule has 0 fully saturated rings. The number of benzene rings is 2. The first kappa shape index (κ1) is 16.0. The number of amides is 1. The van der Waals surface area contributed by atoms with E-state index in [2.05, 4.69) is 23.3 Å². The Morgan fingerprint density at radius 2 is 2.00 bits per heavy atom. The average Bonchev–Trinajstić information content (AvgIpc) is 2.51. The third-order valence-corrected chi connectivity index (χ3v) is 4.33. The van der Waals surface area contributed by atoms with Crippen LogP contribution in [0.3, 0.4) is 0 Å². The maximum absolute atomic E-state index is 12.2. The lowest BCUT2D eigenvalue weighted by Crippen LogP contribution is -2.18. The number of carbonyl (C=O) groups excluding carboxylic acids is 1. The molecule has 0 spiro atoms. The Labute approximate surface area is 145 Å². The first-order valence-electron chi connectivity index (χ1n) is 7.42. The minimum Gasteiger partial charge on any atom is -0.324 e. The molecule has 1 N–H and O–H groups in total. The molecule has 0 saturated heterocycles. The summed E-state index contributed by atoms with van der Waals surface area (Å²) in [5.41, 5.74) is 4.85. The van der Waals surface area contributed by atoms with E-state index in [1.54, 1.807) is 18.2 Å². The van der Waals surface area contributed by atoms with E-state index in [1.807, 2.05) is 12.1 Å². The summed E-state index contributed by atoms with van der Waals surface area (Å²) in [5, 5.41) is 3.79. The van der Waals surface area contributed by atoms with Crippen LogP contribution in [0.1, 0.15) is 24.0 Å². The van der Waals surface area contributed by atoms with Gasteiger partial charge in [0.25, 0.3) is 0 Å². The highest BCUT2D eigenvalue weighted by Crippen LogP contribution is 2.28. The van der Waals surface area contributed by atoms with Crippen LogP contribution < -0.4 is 5.32 Å². The lowest BCUT2D eigenvalue weighted by Gasteiger charge is -2.16. The molecule has 3 nitrogen and oxygen atoms in total. The minimum atomic E-state index is -0.136. The van der Waals surface area contributed by atoms with Gasteiger partial charge in [0, 0.05) is 10.7 Å². The lowest BCUT2D eigenvalue weighted by molar-refractivity contribution is -0.115. The van der Waals surface area contributed by atoms with Gasteiger partial charge in [0.1, 0.15) is 0 Å². The van der Waals surface area contributed by atoms with E-state index in [1.165, 1.54) is 11.1 Å². The van der Waals surface area contributed by atoms with Gasteiger partial charge in [-0.05, 0) is 49.6 Å². The van der Waals surface area contributed by atoms with Gasteiger partial charge in [-0.15, -0.1) is 0 Å². The second-order valence-electron chi connectivity index (χ2n) is 5.66. The summed E-state index contributed by atoms with van der Waals surface area (Å²) in [6.45, 7) is 2.07. The molecule has 23 heavy (non-hydrogen) atoms. The van der Waals surface area contributed by atoms with E-state index in [9.17, 15) is 4.79 Å². The molecule has 1 heterocycles. The van der Waals surface area contributed by atoms with Crippen LogP contribution >= 0.6 is 23.2 Å². The summed E-state index contributed by atoms with van der Waals surface area (Å²) in [5.74, 6) is -0.136. The Kier molecular flexibility index (Phi) is 4.69. The maximum atomic E-state index is 12.2. The zero-order valence-electron chi connectivity index (χ0n) is 12.7. The van der Waals surface area contributed by atoms with Gasteiger partial charge in [-0.25, -0.2) is 0 Å². The van der Waals surface area contributed by atoms with Crippen LogP contribution in [0.5, 0.6) is 0 Å². The highest BCUT2D eigenvalue weighted by molar-refractivity contribution is 6.35. The zero-order valence-corrected chi connectivity index (χ0v) is 14.2. The van der Waals surface area contributed by atoms with Gasteiger partial charge in [0.2, 0.25) is 5.91 Å². The monoisotopic (exact) mass is 346 g/mol. The van der Waals surface area contributed by atoms with Crippen LogP contribution in [0.4, 0.5) is 11.4 Å². The number of halogens is 2. The van der Waals surface area contributed by atoms with Crippen LogP contribution in [-0.2, 0) is 11.2 Å². The van der Waals surface area contributed by atoms with E-state index in [4.69, 9.17) is 23.2 Å². The van der Waals surface area contributed by atoms with E-state index in [0.717, 1.165) is 24.2 Å². The van der Waals surface area contributed by atoms with E-state index >= 15 is 0 Å². The second-order valence-corrected chi connectivity index (χ2v) is 6.50. The van der Waals surface area contributed by atoms with Crippen molar-refractivity contribution in [1.82, 2.24) is 0 Å². The number of anilines is 1. The van der Waals surface area contributed by atoms with E-state index < -0.39 is 0 Å². The SMILES string of the molecule is Cc1ccc2c(c1)CCC(CC(=O)Nc1cc(Cl)ccc1Cl)=N2. The predicted molar refractivity (Wildman–Crippen MR) is 96.3 cm³/mol. The Balaban J connectivity index is 1.71. The summed E-state index contributed by atoms with van der Waals surface area (Å²) >= 11 is 12.0. The van der Waals surface area contributed by atoms with Crippen molar-refractivity contribution in [2.75, 3.05) is 5.32 Å². The average molecular weight is 347 g/mol. The molecule has 0 saturated carbocycles. The van der Waals surface area contributed by atoms with Crippen LogP contribution in [0.25, 0.3) is 0 Å². The molecule has 0 aromatic heterocycles. The summed E-state index contributed by atoms with van der Waals surface area (Å²) in [6, 6.07) is 11.2. The van der Waals surface area contributed by atoms with Crippen LogP contribution in [0.15, 0.2) is 41.4 Å². The number of nitrogens with one attached hydrogen (secondary N) is 1. The molecule has 5 heteroatoms. The maximum Gasteiger partial charge on any atom is 0.230 e. The zero-order chi connectivity index (χ0) is 16.4. The van der Waals surface area contributed by atoms with Crippen molar-refractivity contribution in [3.8, 4) is 0 Å². The quantitative estimate of drug-likeness (QED) is 0.799. The fourth-order valence-electron chi connectivity index (χ4n) is 2.63. The highest BCUT2D eigenvalue weighted by atomic mass is 35.5. The van der Waals surface area contributed by atoms with Gasteiger partial charge in [-0.1, -0.05) is 40.9 Å². The van der Waals surface area contributed by atoms with Crippen molar-refractivity contribution >= 4 is 46.2 Å². The molecule has 0 atom stereocenters. The number of nitrogens with zero attached hydrogens (tertiary/aromatic N) is 1. The van der Waals surface area contributed by atoms with E-state index in [-0.39, 0.29) is 12.3 Å². The first-order chi connectivity index (χ1) is 11.0. The van der Waals surface area contributed by atoms with Crippen molar-refractivity contribution in [2.45, 2.75) is 26.2 Å². The Morgan fingerprint density at radius 3 is 2.83 bits per heavy atom. The molecule has 2 aromatic rings. The Hall–Kier alpha value is -1.84. The Morgan fingerprint density at radius 1 is 1.17 bits per heavy atom. The van der Waals surface area contributed by atoms with Crippen LogP contribution in [-0.4, -0.2) is 11.6 Å². The predicted octanol–water partition coefficient (Wildman–Crippen LogP) is 5.35. The van der Waals surface area contributed by atoms with Gasteiger partial charge in [-0.2, -0.15) is 0 Å². The van der Waals surface area contributed by atoms with Gasteiger partial charge in [-0.3, -0.25) is 9.79 Å². The summed E-state index contributed by atoms with van der Waals surface area (Å²) < 4.78 is 0. The molecule has 1 amide bonds. The molecular weight excluding hydrogens is 331 g/mol. The molecular formula is C18H16Cl2N2O. The van der Waals surface area contributed by atoms with Gasteiger partial charge < -0.3 is 5.32 Å². The molecule has 0 aliphatic carbocycles. The van der Waals surface area contributed by atoms with Gasteiger partial charge >= 0.3 is 0 Å². The lowest BCUT2D eigenvalue weighted by atomic mass is 9.98. The number of hydrogen-bond acceptors (Lipinski definition) is 2. The standard InChI is InChI=1S/C18H16Cl2N2O/c1-11-2-7-16-12(8-11)3-5-14(21-16)10-18(23)22-17-9-13(19)4-6-15(17)20/h2,4,6-9H,3,5,10H2,1H3,(H,22,23). The summed E-state index contributed by atoms with van der Waals surface area (Å²) in [7, 11) is 0. The fraction of sp³-hybridized carbons (Fsp3) is 0.222. The summed E-state index contributed by atoms with van der Waals surface area (Å²) in [6.07, 6.45) is 1.98. The van der Waals surface area contributed by atoms with Gasteiger partial charge in [0.15, 0.2) is 0 Å². The topological polar surface area (TPSA) is 41.5 Å². The first-order valence-corrected chi connectivity index (χ1v) is 8.18. The number of aliphatic imine (C=N–C) groups is 1. The van der Waals surface area contributed by atoms with Crippen LogP contribution in [0.2, 0.25) is 10.0 Å². The number of carbonyl (C=O) groups is 1. The smallest absolute Gasteiger partial charge is 0.230 e. The minimum absolute atomic E-state index is 0.136. The molecule has 3 rings (SSSR count). The normalized spacial score (nSPS) is 13.3. The van der Waals surface area contributed by atoms with Crippen molar-refractivity contribution < 1.29 is 4.79 Å². The molecule has 1 aliphatic rings. The number of fused-ring (bicyclic) bond motifs is 1. The number of hydrogen-bond donors (Lipinski definition) is 1. The number of aryl methyl sites for hydroxylation is 2. The van der Waals surface area contributed by atoms with E-state index in [0.29, 0.717) is 15.7 Å². The summed E-state index contributed by atoms with van der Waals surface area (Å²) in [4.78, 5) is 16.8. The van der Waals surface area contributed by atoms with Crippen molar-refractivity contribution in [3.63, 3.8) is 0 Å². The molecule has 0 unspecified atom stereocenters. The Bertz CT molecular complexity index is 800. The molecule has 2 aromatic carbocycles. The second kappa shape index (κ2) is 6.73. The third kappa shape index (κ3) is 3.92. The fourth-order valence-corrected chi connectivity index (χ4v) is 2.97. The molecule has 1 aliphatic heterocycles. The van der Waals surface area contributed by atoms with Gasteiger partial charge in [0.05, 0.1) is 22.8 Å². The highest BCUT2D eigenvalue weighted by Gasteiger charge is 2.15. The largest absolute Gasteiger partial charge is 0.324 e. The molecule has 0 radical (unpaired) electrons. The van der Waals surface area contributed by atoms with Crippen molar-refractivity contribution in [2.24, 2.45) is 4.99 Å². The molecule has 0 bridgehead atoms. The molecule has 118 valence electrons. The third-order valence-electron chi connectivity index (χ3n) is 3.76.